The molecule has 0 saturated carbocycles. The largest absolute Gasteiger partial charge is 0.454 e. The Morgan fingerprint density at radius 3 is 2.82 bits per heavy atom. The Labute approximate surface area is 198 Å². The molecular weight excluding hydrogens is 430 g/mol. The van der Waals surface area contributed by atoms with Gasteiger partial charge in [0.15, 0.2) is 11.5 Å². The van der Waals surface area contributed by atoms with Crippen LogP contribution in [-0.4, -0.2) is 37.0 Å². The van der Waals surface area contributed by atoms with Gasteiger partial charge in [-0.15, -0.1) is 0 Å². The number of fused-ring (bicyclic) bond motifs is 2. The summed E-state index contributed by atoms with van der Waals surface area (Å²) in [5.41, 5.74) is 2.93. The maximum absolute atomic E-state index is 12.8. The molecule has 1 fully saturated rings. The number of ether oxygens (including phenoxy) is 3. The fourth-order valence-electron chi connectivity index (χ4n) is 4.80. The van der Waals surface area contributed by atoms with E-state index < -0.39 is 0 Å². The summed E-state index contributed by atoms with van der Waals surface area (Å²) in [6.45, 7) is 2.69. The van der Waals surface area contributed by atoms with Crippen LogP contribution >= 0.6 is 0 Å². The van der Waals surface area contributed by atoms with Crippen LogP contribution in [0.2, 0.25) is 0 Å². The lowest BCUT2D eigenvalue weighted by Crippen LogP contribution is -2.44. The van der Waals surface area contributed by atoms with Crippen molar-refractivity contribution in [3.8, 4) is 17.6 Å². The van der Waals surface area contributed by atoms with E-state index >= 15 is 0 Å². The summed E-state index contributed by atoms with van der Waals surface area (Å²) in [6, 6.07) is 16.3. The third-order valence-electron chi connectivity index (χ3n) is 6.73. The van der Waals surface area contributed by atoms with Crippen LogP contribution in [0.1, 0.15) is 30.4 Å². The molecule has 7 heteroatoms. The average Bonchev–Trinajstić information content (AvgIpc) is 3.50. The summed E-state index contributed by atoms with van der Waals surface area (Å²) in [5.74, 6) is 1.37. The average molecular weight is 458 g/mol. The number of nitrogens with one attached hydrogen (secondary N) is 1. The number of para-hydroxylation sites is 1. The molecule has 0 aliphatic carbocycles. The number of carbonyl (C=O) groups excluding carboxylic acids is 1. The van der Waals surface area contributed by atoms with Gasteiger partial charge < -0.3 is 24.1 Å². The van der Waals surface area contributed by atoms with Crippen LogP contribution in [0, 0.1) is 11.3 Å². The molecule has 1 saturated heterocycles. The van der Waals surface area contributed by atoms with Crippen molar-refractivity contribution in [3.05, 3.63) is 65.9 Å². The summed E-state index contributed by atoms with van der Waals surface area (Å²) in [6.07, 6.45) is 7.51. The summed E-state index contributed by atoms with van der Waals surface area (Å²) < 4.78 is 18.7. The fourth-order valence-corrected chi connectivity index (χ4v) is 4.80. The van der Waals surface area contributed by atoms with Gasteiger partial charge in [0, 0.05) is 60.5 Å². The second-order valence-corrected chi connectivity index (χ2v) is 8.71. The lowest BCUT2D eigenvalue weighted by molar-refractivity contribution is -0.116. The number of nitrogens with zero attached hydrogens (tertiary/aromatic N) is 2. The number of nitriles is 1. The molecule has 0 spiro atoms. The Bertz CT molecular complexity index is 1260. The zero-order chi connectivity index (χ0) is 23.4. The normalized spacial score (nSPS) is 16.6. The molecule has 1 N–H and O–H groups in total. The predicted octanol–water partition coefficient (Wildman–Crippen LogP) is 4.16. The van der Waals surface area contributed by atoms with Crippen LogP contribution in [0.25, 0.3) is 17.0 Å². The molecule has 2 aromatic carbocycles. The molecule has 5 rings (SSSR count). The first-order valence-corrected chi connectivity index (χ1v) is 11.6. The first kappa shape index (κ1) is 22.1. The number of hydrogen-bond donors (Lipinski definition) is 1. The zero-order valence-electron chi connectivity index (χ0n) is 19.0. The third-order valence-corrected chi connectivity index (χ3v) is 6.73. The van der Waals surface area contributed by atoms with Gasteiger partial charge in [-0.3, -0.25) is 4.79 Å². The lowest BCUT2D eigenvalue weighted by Gasteiger charge is -2.38. The molecule has 0 atom stereocenters. The maximum Gasteiger partial charge on any atom is 0.244 e. The van der Waals surface area contributed by atoms with Crippen molar-refractivity contribution in [1.29, 1.82) is 5.26 Å². The smallest absolute Gasteiger partial charge is 0.244 e. The SMILES string of the molecule is N#CCCn1cc(/C=C/C(=O)NCC2(c3ccc4c(c3)OCO4)CCOCC2)c2ccccc21. The third kappa shape index (κ3) is 4.37. The predicted molar refractivity (Wildman–Crippen MR) is 129 cm³/mol. The van der Waals surface area contributed by atoms with Crippen molar-refractivity contribution in [2.24, 2.45) is 0 Å². The van der Waals surface area contributed by atoms with E-state index in [9.17, 15) is 4.79 Å². The molecule has 1 amide bonds. The molecule has 1 aromatic heterocycles. The molecule has 0 radical (unpaired) electrons. The number of carbonyl (C=O) groups is 1. The number of hydrogen-bond acceptors (Lipinski definition) is 5. The number of benzene rings is 2. The Kier molecular flexibility index (Phi) is 6.24. The lowest BCUT2D eigenvalue weighted by atomic mass is 9.74. The number of aromatic nitrogens is 1. The molecule has 174 valence electrons. The van der Waals surface area contributed by atoms with Crippen LogP contribution in [0.3, 0.4) is 0 Å². The molecule has 34 heavy (non-hydrogen) atoms. The van der Waals surface area contributed by atoms with Crippen LogP contribution in [0.4, 0.5) is 0 Å². The van der Waals surface area contributed by atoms with E-state index in [1.54, 1.807) is 6.08 Å². The maximum atomic E-state index is 12.8. The Morgan fingerprint density at radius 2 is 1.97 bits per heavy atom. The summed E-state index contributed by atoms with van der Waals surface area (Å²) in [5, 5.41) is 13.1. The summed E-state index contributed by atoms with van der Waals surface area (Å²) >= 11 is 0. The van der Waals surface area contributed by atoms with E-state index in [1.807, 2.05) is 48.7 Å². The molecular formula is C27H27N3O4. The van der Waals surface area contributed by atoms with Gasteiger partial charge in [-0.05, 0) is 42.7 Å². The number of aryl methyl sites for hydroxylation is 1. The van der Waals surface area contributed by atoms with Crippen LogP contribution in [0.5, 0.6) is 11.5 Å². The first-order chi connectivity index (χ1) is 16.7. The van der Waals surface area contributed by atoms with Crippen LogP contribution < -0.4 is 14.8 Å². The molecule has 7 nitrogen and oxygen atoms in total. The Morgan fingerprint density at radius 1 is 1.15 bits per heavy atom. The van der Waals surface area contributed by atoms with E-state index in [1.165, 1.54) is 0 Å². The van der Waals surface area contributed by atoms with E-state index in [2.05, 4.69) is 22.0 Å². The van der Waals surface area contributed by atoms with Gasteiger partial charge >= 0.3 is 0 Å². The van der Waals surface area contributed by atoms with Gasteiger partial charge in [0.2, 0.25) is 12.7 Å². The zero-order valence-corrected chi connectivity index (χ0v) is 19.0. The van der Waals surface area contributed by atoms with Crippen LogP contribution in [0.15, 0.2) is 54.7 Å². The summed E-state index contributed by atoms with van der Waals surface area (Å²) in [7, 11) is 0. The van der Waals surface area contributed by atoms with E-state index in [0.29, 0.717) is 32.7 Å². The van der Waals surface area contributed by atoms with Crippen molar-refractivity contribution in [1.82, 2.24) is 9.88 Å². The van der Waals surface area contributed by atoms with Crippen molar-refractivity contribution in [2.75, 3.05) is 26.6 Å². The van der Waals surface area contributed by atoms with Gasteiger partial charge in [-0.25, -0.2) is 0 Å². The fraction of sp³-hybridized carbons (Fsp3) is 0.333. The second kappa shape index (κ2) is 9.62. The molecule has 0 bridgehead atoms. The topological polar surface area (TPSA) is 85.5 Å². The summed E-state index contributed by atoms with van der Waals surface area (Å²) in [4.78, 5) is 12.8. The van der Waals surface area contributed by atoms with Gasteiger partial charge in [0.1, 0.15) is 0 Å². The van der Waals surface area contributed by atoms with Crippen molar-refractivity contribution in [2.45, 2.75) is 31.2 Å². The van der Waals surface area contributed by atoms with Crippen molar-refractivity contribution >= 4 is 22.9 Å². The highest BCUT2D eigenvalue weighted by atomic mass is 16.7. The highest BCUT2D eigenvalue weighted by Gasteiger charge is 2.36. The molecule has 2 aliphatic rings. The van der Waals surface area contributed by atoms with Gasteiger partial charge in [0.05, 0.1) is 12.5 Å². The van der Waals surface area contributed by atoms with Gasteiger partial charge in [-0.1, -0.05) is 24.3 Å². The highest BCUT2D eigenvalue weighted by Crippen LogP contribution is 2.40. The highest BCUT2D eigenvalue weighted by molar-refractivity contribution is 5.96. The molecule has 0 unspecified atom stereocenters. The molecule has 3 heterocycles. The standard InChI is InChI=1S/C27H27N3O4/c28-12-3-13-30-17-20(22-4-1-2-5-23(22)30)6-9-26(31)29-18-27(10-14-32-15-11-27)21-7-8-24-25(16-21)34-19-33-24/h1-2,4-9,16-17H,3,10-11,13-15,18-19H2,(H,29,31)/b9-6+. The minimum absolute atomic E-state index is 0.138. The Balaban J connectivity index is 1.32. The minimum Gasteiger partial charge on any atom is -0.454 e. The second-order valence-electron chi connectivity index (χ2n) is 8.71. The van der Waals surface area contributed by atoms with E-state index in [0.717, 1.165) is 46.4 Å². The van der Waals surface area contributed by atoms with Gasteiger partial charge in [0.25, 0.3) is 0 Å². The Hall–Kier alpha value is -3.76. The van der Waals surface area contributed by atoms with E-state index in [4.69, 9.17) is 19.5 Å². The number of amides is 1. The van der Waals surface area contributed by atoms with Crippen molar-refractivity contribution < 1.29 is 19.0 Å². The van der Waals surface area contributed by atoms with Crippen LogP contribution in [-0.2, 0) is 21.5 Å². The minimum atomic E-state index is -0.212. The monoisotopic (exact) mass is 457 g/mol. The van der Waals surface area contributed by atoms with E-state index in [-0.39, 0.29) is 18.1 Å². The van der Waals surface area contributed by atoms with Gasteiger partial charge in [-0.2, -0.15) is 5.26 Å². The quantitative estimate of drug-likeness (QED) is 0.539. The molecule has 3 aromatic rings. The first-order valence-electron chi connectivity index (χ1n) is 11.6. The number of rotatable bonds is 7. The molecule has 2 aliphatic heterocycles. The van der Waals surface area contributed by atoms with Crippen molar-refractivity contribution in [3.63, 3.8) is 0 Å².